The minimum atomic E-state index is -0.439. The third kappa shape index (κ3) is 2.06. The Morgan fingerprint density at radius 2 is 2.25 bits per heavy atom. The van der Waals surface area contributed by atoms with E-state index >= 15 is 0 Å². The van der Waals surface area contributed by atoms with Gasteiger partial charge in [-0.2, -0.15) is 0 Å². The Kier molecular flexibility index (Phi) is 3.26. The summed E-state index contributed by atoms with van der Waals surface area (Å²) in [5.41, 5.74) is 7.42. The molecule has 1 aromatic rings. The fraction of sp³-hybridized carbons (Fsp3) is 0.333. The lowest BCUT2D eigenvalue weighted by atomic mass is 10.1. The highest BCUT2D eigenvalue weighted by atomic mass is 79.9. The lowest BCUT2D eigenvalue weighted by Crippen LogP contribution is -1.98. The summed E-state index contributed by atoms with van der Waals surface area (Å²) in [6.07, 6.45) is -0.439. The van der Waals surface area contributed by atoms with Gasteiger partial charge in [0.25, 0.3) is 0 Å². The minimum Gasteiger partial charge on any atom is -0.389 e. The molecule has 1 unspecified atom stereocenters. The van der Waals surface area contributed by atoms with E-state index in [0.29, 0.717) is 6.54 Å². The van der Waals surface area contributed by atoms with Crippen LogP contribution in [0.15, 0.2) is 22.7 Å². The van der Waals surface area contributed by atoms with Crippen molar-refractivity contribution in [3.8, 4) is 0 Å². The molecule has 0 spiro atoms. The molecule has 1 aromatic carbocycles. The first-order valence-electron chi connectivity index (χ1n) is 3.81. The topological polar surface area (TPSA) is 46.2 Å². The van der Waals surface area contributed by atoms with Crippen molar-refractivity contribution in [2.75, 3.05) is 0 Å². The van der Waals surface area contributed by atoms with Crippen molar-refractivity contribution in [3.05, 3.63) is 33.8 Å². The average Bonchev–Trinajstić information content (AvgIpc) is 2.03. The van der Waals surface area contributed by atoms with Crippen LogP contribution in [0, 0.1) is 0 Å². The number of hydrogen-bond acceptors (Lipinski definition) is 2. The van der Waals surface area contributed by atoms with Crippen molar-refractivity contribution in [1.29, 1.82) is 0 Å². The number of aliphatic hydroxyl groups excluding tert-OH is 1. The van der Waals surface area contributed by atoms with E-state index in [1.54, 1.807) is 6.92 Å². The Balaban J connectivity index is 3.03. The van der Waals surface area contributed by atoms with Crippen molar-refractivity contribution >= 4 is 15.9 Å². The molecule has 3 heteroatoms. The number of hydrogen-bond donors (Lipinski definition) is 2. The third-order valence-corrected chi connectivity index (χ3v) is 2.44. The van der Waals surface area contributed by atoms with Gasteiger partial charge in [0.15, 0.2) is 0 Å². The first kappa shape index (κ1) is 9.71. The van der Waals surface area contributed by atoms with E-state index in [1.165, 1.54) is 0 Å². The molecule has 1 rings (SSSR count). The number of rotatable bonds is 2. The van der Waals surface area contributed by atoms with Crippen LogP contribution in [0.3, 0.4) is 0 Å². The van der Waals surface area contributed by atoms with Gasteiger partial charge >= 0.3 is 0 Å². The smallest absolute Gasteiger partial charge is 0.0772 e. The van der Waals surface area contributed by atoms with Gasteiger partial charge in [-0.3, -0.25) is 0 Å². The largest absolute Gasteiger partial charge is 0.389 e. The van der Waals surface area contributed by atoms with Crippen molar-refractivity contribution < 1.29 is 5.11 Å². The molecule has 0 saturated carbocycles. The lowest BCUT2D eigenvalue weighted by Gasteiger charge is -2.08. The molecule has 0 aliphatic heterocycles. The second kappa shape index (κ2) is 4.03. The highest BCUT2D eigenvalue weighted by Gasteiger charge is 2.05. The summed E-state index contributed by atoms with van der Waals surface area (Å²) in [5.74, 6) is 0. The third-order valence-electron chi connectivity index (χ3n) is 1.75. The molecule has 0 saturated heterocycles. The Morgan fingerprint density at radius 1 is 1.58 bits per heavy atom. The van der Waals surface area contributed by atoms with Gasteiger partial charge in [0.2, 0.25) is 0 Å². The zero-order valence-corrected chi connectivity index (χ0v) is 8.51. The standard InChI is InChI=1S/C9H12BrNO/c1-6(12)8-3-2-7(5-11)4-9(8)10/h2-4,6,12H,5,11H2,1H3. The molecule has 0 heterocycles. The summed E-state index contributed by atoms with van der Waals surface area (Å²) in [4.78, 5) is 0. The molecule has 2 nitrogen and oxygen atoms in total. The second-order valence-electron chi connectivity index (χ2n) is 2.74. The zero-order chi connectivity index (χ0) is 9.14. The van der Waals surface area contributed by atoms with Crippen molar-refractivity contribution in [1.82, 2.24) is 0 Å². The van der Waals surface area contributed by atoms with E-state index < -0.39 is 6.10 Å². The van der Waals surface area contributed by atoms with E-state index in [1.807, 2.05) is 18.2 Å². The summed E-state index contributed by atoms with van der Waals surface area (Å²) < 4.78 is 0.917. The van der Waals surface area contributed by atoms with Gasteiger partial charge < -0.3 is 10.8 Å². The van der Waals surface area contributed by atoms with Crippen LogP contribution in [-0.2, 0) is 6.54 Å². The molecular weight excluding hydrogens is 218 g/mol. The van der Waals surface area contributed by atoms with Crippen LogP contribution < -0.4 is 5.73 Å². The fourth-order valence-electron chi connectivity index (χ4n) is 1.04. The normalized spacial score (nSPS) is 13.0. The molecule has 12 heavy (non-hydrogen) atoms. The van der Waals surface area contributed by atoms with E-state index in [-0.39, 0.29) is 0 Å². The average molecular weight is 230 g/mol. The molecule has 1 atom stereocenters. The second-order valence-corrected chi connectivity index (χ2v) is 3.59. The number of benzene rings is 1. The quantitative estimate of drug-likeness (QED) is 0.815. The molecule has 66 valence electrons. The van der Waals surface area contributed by atoms with Gasteiger partial charge in [-0.15, -0.1) is 0 Å². The monoisotopic (exact) mass is 229 g/mol. The minimum absolute atomic E-state index is 0.439. The van der Waals surface area contributed by atoms with Gasteiger partial charge in [0.05, 0.1) is 6.10 Å². The summed E-state index contributed by atoms with van der Waals surface area (Å²) in [5, 5.41) is 9.31. The predicted molar refractivity (Wildman–Crippen MR) is 52.7 cm³/mol. The first-order chi connectivity index (χ1) is 5.65. The molecule has 0 aromatic heterocycles. The van der Waals surface area contributed by atoms with Crippen molar-refractivity contribution in [3.63, 3.8) is 0 Å². The first-order valence-corrected chi connectivity index (χ1v) is 4.61. The maximum atomic E-state index is 9.31. The zero-order valence-electron chi connectivity index (χ0n) is 6.92. The Bertz CT molecular complexity index is 273. The van der Waals surface area contributed by atoms with Crippen LogP contribution in [0.2, 0.25) is 0 Å². The Morgan fingerprint density at radius 3 is 2.67 bits per heavy atom. The van der Waals surface area contributed by atoms with Crippen molar-refractivity contribution in [2.24, 2.45) is 5.73 Å². The van der Waals surface area contributed by atoms with Crippen LogP contribution in [0.5, 0.6) is 0 Å². The molecule has 3 N–H and O–H groups in total. The van der Waals surface area contributed by atoms with Gasteiger partial charge in [-0.1, -0.05) is 28.1 Å². The number of halogens is 1. The van der Waals surface area contributed by atoms with Gasteiger partial charge in [0, 0.05) is 11.0 Å². The maximum absolute atomic E-state index is 9.31. The van der Waals surface area contributed by atoms with E-state index in [4.69, 9.17) is 5.73 Å². The van der Waals surface area contributed by atoms with E-state index in [9.17, 15) is 5.11 Å². The maximum Gasteiger partial charge on any atom is 0.0772 e. The Hall–Kier alpha value is -0.380. The molecule has 0 aliphatic carbocycles. The summed E-state index contributed by atoms with van der Waals surface area (Å²) in [6, 6.07) is 5.74. The molecule has 0 radical (unpaired) electrons. The highest BCUT2D eigenvalue weighted by Crippen LogP contribution is 2.24. The van der Waals surface area contributed by atoms with Crippen LogP contribution >= 0.6 is 15.9 Å². The van der Waals surface area contributed by atoms with Crippen LogP contribution in [0.4, 0.5) is 0 Å². The van der Waals surface area contributed by atoms with Crippen molar-refractivity contribution in [2.45, 2.75) is 19.6 Å². The summed E-state index contributed by atoms with van der Waals surface area (Å²) >= 11 is 3.37. The van der Waals surface area contributed by atoms with Crippen LogP contribution in [-0.4, -0.2) is 5.11 Å². The SMILES string of the molecule is CC(O)c1ccc(CN)cc1Br. The number of aliphatic hydroxyl groups is 1. The molecule has 0 amide bonds. The molecule has 0 bridgehead atoms. The van der Waals surface area contributed by atoms with Gasteiger partial charge in [-0.25, -0.2) is 0 Å². The number of nitrogens with two attached hydrogens (primary N) is 1. The molecule has 0 fully saturated rings. The van der Waals surface area contributed by atoms with Gasteiger partial charge in [-0.05, 0) is 24.1 Å². The summed E-state index contributed by atoms with van der Waals surface area (Å²) in [7, 11) is 0. The molecule has 0 aliphatic rings. The summed E-state index contributed by atoms with van der Waals surface area (Å²) in [6.45, 7) is 2.26. The highest BCUT2D eigenvalue weighted by molar-refractivity contribution is 9.10. The van der Waals surface area contributed by atoms with E-state index in [2.05, 4.69) is 15.9 Å². The van der Waals surface area contributed by atoms with E-state index in [0.717, 1.165) is 15.6 Å². The Labute approximate surface area is 80.5 Å². The van der Waals surface area contributed by atoms with Crippen LogP contribution in [0.25, 0.3) is 0 Å². The lowest BCUT2D eigenvalue weighted by molar-refractivity contribution is 0.198. The predicted octanol–water partition coefficient (Wildman–Crippen LogP) is 1.96. The van der Waals surface area contributed by atoms with Crippen LogP contribution in [0.1, 0.15) is 24.2 Å². The molecular formula is C9H12BrNO. The fourth-order valence-corrected chi connectivity index (χ4v) is 1.79. The van der Waals surface area contributed by atoms with Gasteiger partial charge in [0.1, 0.15) is 0 Å².